The van der Waals surface area contributed by atoms with Gasteiger partial charge in [0.25, 0.3) is 5.91 Å². The zero-order valence-electron chi connectivity index (χ0n) is 15.2. The molecule has 154 valence electrons. The van der Waals surface area contributed by atoms with Crippen molar-refractivity contribution in [3.8, 4) is 0 Å². The van der Waals surface area contributed by atoms with Crippen molar-refractivity contribution in [2.75, 3.05) is 16.8 Å². The number of carbonyl (C=O) groups excluding carboxylic acids is 3. The molecule has 1 N–H and O–H groups in total. The molecule has 2 aromatic carbocycles. The van der Waals surface area contributed by atoms with Crippen LogP contribution in [0, 0.1) is 5.82 Å². The largest absolute Gasteiger partial charge is 0.332 e. The molecular weight excluding hydrogens is 452 g/mol. The van der Waals surface area contributed by atoms with E-state index in [2.05, 4.69) is 5.32 Å². The molecule has 2 heterocycles. The van der Waals surface area contributed by atoms with Gasteiger partial charge in [0.15, 0.2) is 0 Å². The quantitative estimate of drug-likeness (QED) is 0.719. The number of rotatable bonds is 4. The molecule has 0 spiro atoms. The Kier molecular flexibility index (Phi) is 5.73. The van der Waals surface area contributed by atoms with Gasteiger partial charge in [-0.2, -0.15) is 0 Å². The fourth-order valence-corrected chi connectivity index (χ4v) is 4.69. The summed E-state index contributed by atoms with van der Waals surface area (Å²) in [4.78, 5) is 41.0. The lowest BCUT2D eigenvalue weighted by Crippen LogP contribution is -2.63. The maximum Gasteiger partial charge on any atom is 0.332 e. The molecule has 0 saturated carbocycles. The number of hydrogen-bond donors (Lipinski definition) is 1. The molecule has 1 saturated heterocycles. The van der Waals surface area contributed by atoms with Gasteiger partial charge < -0.3 is 10.2 Å². The number of imide groups is 1. The van der Waals surface area contributed by atoms with Crippen molar-refractivity contribution >= 4 is 64.2 Å². The predicted octanol–water partition coefficient (Wildman–Crippen LogP) is 4.54. The molecule has 2 unspecified atom stereocenters. The van der Waals surface area contributed by atoms with Crippen molar-refractivity contribution < 1.29 is 18.8 Å². The summed E-state index contributed by atoms with van der Waals surface area (Å²) in [6.07, 6.45) is 1.70. The van der Waals surface area contributed by atoms with E-state index in [9.17, 15) is 18.8 Å². The van der Waals surface area contributed by atoms with E-state index in [0.717, 1.165) is 11.0 Å². The van der Waals surface area contributed by atoms with Gasteiger partial charge in [-0.05, 0) is 41.8 Å². The average molecular weight is 466 g/mol. The first-order chi connectivity index (χ1) is 14.3. The Morgan fingerprint density at radius 3 is 2.63 bits per heavy atom. The predicted molar refractivity (Wildman–Crippen MR) is 115 cm³/mol. The molecular formula is C20H14Cl2FN3O3S. The van der Waals surface area contributed by atoms with Gasteiger partial charge >= 0.3 is 6.03 Å². The van der Waals surface area contributed by atoms with Crippen LogP contribution >= 0.6 is 35.0 Å². The third-order valence-corrected chi connectivity index (χ3v) is 6.22. The van der Waals surface area contributed by atoms with Crippen LogP contribution < -0.4 is 10.2 Å². The summed E-state index contributed by atoms with van der Waals surface area (Å²) in [6, 6.07) is 8.99. The number of halogens is 3. The number of hydrogen-bond acceptors (Lipinski definition) is 4. The molecule has 0 aliphatic carbocycles. The van der Waals surface area contributed by atoms with Gasteiger partial charge in [0.1, 0.15) is 17.6 Å². The van der Waals surface area contributed by atoms with E-state index < -0.39 is 29.0 Å². The Balaban J connectivity index is 1.59. The van der Waals surface area contributed by atoms with Crippen LogP contribution in [0.25, 0.3) is 0 Å². The van der Waals surface area contributed by atoms with Crippen LogP contribution in [0.5, 0.6) is 0 Å². The fourth-order valence-electron chi connectivity index (χ4n) is 3.30. The normalized spacial score (nSPS) is 20.5. The van der Waals surface area contributed by atoms with E-state index >= 15 is 0 Å². The number of benzene rings is 2. The molecule has 1 fully saturated rings. The van der Waals surface area contributed by atoms with Crippen LogP contribution in [-0.2, 0) is 9.59 Å². The van der Waals surface area contributed by atoms with Crippen molar-refractivity contribution in [1.82, 2.24) is 4.90 Å². The number of amides is 4. The van der Waals surface area contributed by atoms with E-state index in [1.807, 2.05) is 0 Å². The highest BCUT2D eigenvalue weighted by Gasteiger charge is 2.48. The SMILES string of the molecule is O=C(CN1C(=O)N(c2cccc(Cl)c2)C(=O)C2SC=CC21)Nc1ccc(Cl)cc1F. The first kappa shape index (κ1) is 20.7. The minimum Gasteiger partial charge on any atom is -0.322 e. The van der Waals surface area contributed by atoms with Gasteiger partial charge in [-0.3, -0.25) is 9.59 Å². The van der Waals surface area contributed by atoms with Gasteiger partial charge in [0.2, 0.25) is 5.91 Å². The molecule has 0 radical (unpaired) electrons. The number of urea groups is 1. The summed E-state index contributed by atoms with van der Waals surface area (Å²) in [7, 11) is 0. The molecule has 2 aliphatic rings. The van der Waals surface area contributed by atoms with Gasteiger partial charge in [-0.25, -0.2) is 14.1 Å². The summed E-state index contributed by atoms with van der Waals surface area (Å²) < 4.78 is 14.0. The second-order valence-electron chi connectivity index (χ2n) is 6.61. The van der Waals surface area contributed by atoms with Crippen molar-refractivity contribution in [1.29, 1.82) is 0 Å². The van der Waals surface area contributed by atoms with E-state index in [4.69, 9.17) is 23.2 Å². The lowest BCUT2D eigenvalue weighted by Gasteiger charge is -2.40. The topological polar surface area (TPSA) is 69.7 Å². The first-order valence-corrected chi connectivity index (χ1v) is 10.5. The van der Waals surface area contributed by atoms with E-state index in [1.54, 1.807) is 29.7 Å². The molecule has 4 amide bonds. The highest BCUT2D eigenvalue weighted by Crippen LogP contribution is 2.36. The van der Waals surface area contributed by atoms with E-state index in [0.29, 0.717) is 10.7 Å². The lowest BCUT2D eigenvalue weighted by atomic mass is 10.1. The van der Waals surface area contributed by atoms with Crippen LogP contribution in [0.4, 0.5) is 20.6 Å². The summed E-state index contributed by atoms with van der Waals surface area (Å²) >= 11 is 13.0. The zero-order valence-corrected chi connectivity index (χ0v) is 17.5. The lowest BCUT2D eigenvalue weighted by molar-refractivity contribution is -0.121. The Bertz CT molecular complexity index is 1080. The van der Waals surface area contributed by atoms with Gasteiger partial charge in [-0.1, -0.05) is 35.3 Å². The number of carbonyl (C=O) groups is 3. The molecule has 4 rings (SSSR count). The van der Waals surface area contributed by atoms with Crippen LogP contribution in [-0.4, -0.2) is 40.6 Å². The second kappa shape index (κ2) is 8.29. The van der Waals surface area contributed by atoms with Crippen LogP contribution in [0.1, 0.15) is 0 Å². The number of nitrogens with one attached hydrogen (secondary N) is 1. The Morgan fingerprint density at radius 1 is 1.13 bits per heavy atom. The fraction of sp³-hybridized carbons (Fsp3) is 0.150. The zero-order chi connectivity index (χ0) is 21.4. The second-order valence-corrected chi connectivity index (χ2v) is 8.54. The minimum atomic E-state index is -0.689. The van der Waals surface area contributed by atoms with Crippen LogP contribution in [0.2, 0.25) is 10.0 Å². The summed E-state index contributed by atoms with van der Waals surface area (Å²) in [5.74, 6) is -1.68. The van der Waals surface area contributed by atoms with Crippen molar-refractivity contribution in [2.45, 2.75) is 11.3 Å². The third-order valence-electron chi connectivity index (χ3n) is 4.66. The van der Waals surface area contributed by atoms with Crippen LogP contribution in [0.3, 0.4) is 0 Å². The molecule has 2 aromatic rings. The number of thioether (sulfide) groups is 1. The number of nitrogens with zero attached hydrogens (tertiary/aromatic N) is 2. The molecule has 2 aliphatic heterocycles. The summed E-state index contributed by atoms with van der Waals surface area (Å²) in [6.45, 7) is -0.364. The summed E-state index contributed by atoms with van der Waals surface area (Å²) in [5.41, 5.74) is 0.266. The van der Waals surface area contributed by atoms with Gasteiger partial charge in [0, 0.05) is 10.0 Å². The molecule has 6 nitrogen and oxygen atoms in total. The molecule has 2 atom stereocenters. The van der Waals surface area contributed by atoms with E-state index in [1.165, 1.54) is 34.9 Å². The van der Waals surface area contributed by atoms with Crippen molar-refractivity contribution in [2.24, 2.45) is 0 Å². The Hall–Kier alpha value is -2.55. The van der Waals surface area contributed by atoms with Crippen molar-refractivity contribution in [3.05, 3.63) is 69.8 Å². The monoisotopic (exact) mass is 465 g/mol. The molecule has 0 bridgehead atoms. The maximum absolute atomic E-state index is 14.0. The summed E-state index contributed by atoms with van der Waals surface area (Å²) in [5, 5.41) is 4.15. The molecule has 0 aromatic heterocycles. The highest BCUT2D eigenvalue weighted by molar-refractivity contribution is 8.03. The minimum absolute atomic E-state index is 0.0514. The standard InChI is InChI=1S/C20H14Cl2FN3O3S/c21-11-2-1-3-13(8-11)26-19(28)18-16(6-7-30-18)25(20(26)29)10-17(27)24-15-5-4-12(22)9-14(15)23/h1-9,16,18H,10H2,(H,24,27). The van der Waals surface area contributed by atoms with Crippen LogP contribution in [0.15, 0.2) is 53.9 Å². The van der Waals surface area contributed by atoms with Gasteiger partial charge in [-0.15, -0.1) is 11.8 Å². The van der Waals surface area contributed by atoms with E-state index in [-0.39, 0.29) is 23.2 Å². The molecule has 30 heavy (non-hydrogen) atoms. The number of fused-ring (bicyclic) bond motifs is 1. The smallest absolute Gasteiger partial charge is 0.322 e. The average Bonchev–Trinajstić information content (AvgIpc) is 3.18. The Morgan fingerprint density at radius 2 is 1.90 bits per heavy atom. The maximum atomic E-state index is 14.0. The third kappa shape index (κ3) is 3.90. The highest BCUT2D eigenvalue weighted by atomic mass is 35.5. The van der Waals surface area contributed by atoms with Crippen molar-refractivity contribution in [3.63, 3.8) is 0 Å². The first-order valence-electron chi connectivity index (χ1n) is 8.82. The Labute approximate surface area is 185 Å². The molecule has 10 heteroatoms. The van der Waals surface area contributed by atoms with Gasteiger partial charge in [0.05, 0.1) is 17.4 Å². The number of anilines is 2.